The van der Waals surface area contributed by atoms with Crippen molar-refractivity contribution < 1.29 is 93.2 Å². The number of nitrogens with two attached hydrogens (primary N) is 1. The molecule has 5 amide bonds. The zero-order valence-corrected chi connectivity index (χ0v) is 37.4. The number of amides is 5. The number of anilines is 2. The van der Waals surface area contributed by atoms with Gasteiger partial charge in [0.25, 0.3) is 0 Å². The lowest BCUT2D eigenvalue weighted by atomic mass is 10.0. The number of amidine groups is 1. The van der Waals surface area contributed by atoms with E-state index in [4.69, 9.17) is 40.8 Å². The minimum absolute atomic E-state index is 0.0609. The van der Waals surface area contributed by atoms with E-state index in [2.05, 4.69) is 36.4 Å². The van der Waals surface area contributed by atoms with E-state index < -0.39 is 60.3 Å². The summed E-state index contributed by atoms with van der Waals surface area (Å²) in [5.74, 6) is -9.52. The molecule has 3 aromatic carbocycles. The maximum Gasteiger partial charge on any atom is 0.490 e. The largest absolute Gasteiger partial charge is 0.490 e. The van der Waals surface area contributed by atoms with Crippen LogP contribution in [0.5, 0.6) is 0 Å². The Balaban J connectivity index is 0.000000705. The molecule has 1 saturated heterocycles. The van der Waals surface area contributed by atoms with Crippen molar-refractivity contribution in [2.24, 2.45) is 5.73 Å². The molecule has 3 aromatic rings. The molecule has 5 aliphatic heterocycles. The second-order valence-corrected chi connectivity index (χ2v) is 15.2. The zero-order valence-electron chi connectivity index (χ0n) is 37.4. The minimum atomic E-state index is -5.08. The lowest BCUT2D eigenvalue weighted by molar-refractivity contribution is -0.193. The number of nitrogen functional groups attached to an aromatic ring is 1. The molecule has 0 saturated carbocycles. The zero-order chi connectivity index (χ0) is 54.4. The third kappa shape index (κ3) is 23.2. The first-order chi connectivity index (χ1) is 33.5. The van der Waals surface area contributed by atoms with Gasteiger partial charge in [0, 0.05) is 88.4 Å². The van der Waals surface area contributed by atoms with E-state index >= 15 is 0 Å². The molecular weight excluding hydrogens is 990 g/mol. The molecular formula is C43H48F9N9O11. The standard InChI is InChI=1S/C37H45N9O5.3C2HF3O2/c38-35(39)28-7-1-27(2-8-28)23-40-36(50)32-22-26-5-11-30(12-6-26)43-34(49)14-16-46-19-17-45(18-20-46)15-13-33(48)42-29-9-3-25(4-10-29)21-31(41-24-47)37(51)44-32;3*3-2(4,5)1(6)7/h1-12,24,31-32H,13-23H2,(H3,38,39)(H,40,50)(H,41,47)(H,42,48)(H,43,49)(H,44,51);3*(H,6,7)/t31-,32+;;;/m1.../s1. The van der Waals surface area contributed by atoms with E-state index in [1.807, 2.05) is 0 Å². The summed E-state index contributed by atoms with van der Waals surface area (Å²) >= 11 is 0. The Morgan fingerprint density at radius 3 is 1.36 bits per heavy atom. The summed E-state index contributed by atoms with van der Waals surface area (Å²) in [6.07, 6.45) is -13.8. The Bertz CT molecular complexity index is 2270. The number of aliphatic carboxylic acids is 3. The quantitative estimate of drug-likeness (QED) is 0.0735. The number of piperazine rings is 1. The molecule has 11 N–H and O–H groups in total. The number of fused-ring (bicyclic) bond motifs is 3. The predicted molar refractivity (Wildman–Crippen MR) is 235 cm³/mol. The van der Waals surface area contributed by atoms with Crippen LogP contribution >= 0.6 is 0 Å². The summed E-state index contributed by atoms with van der Waals surface area (Å²) in [4.78, 5) is 95.3. The lowest BCUT2D eigenvalue weighted by Gasteiger charge is -2.34. The fraction of sp³-hybridized carbons (Fsp3) is 0.372. The number of halogens is 9. The monoisotopic (exact) mass is 1040 g/mol. The first-order valence-electron chi connectivity index (χ1n) is 20.8. The maximum absolute atomic E-state index is 13.6. The lowest BCUT2D eigenvalue weighted by Crippen LogP contribution is -2.54. The van der Waals surface area contributed by atoms with E-state index in [9.17, 15) is 63.5 Å². The summed E-state index contributed by atoms with van der Waals surface area (Å²) in [6, 6.07) is 19.1. The van der Waals surface area contributed by atoms with Gasteiger partial charge < -0.3 is 57.4 Å². The van der Waals surface area contributed by atoms with Crippen LogP contribution in [0.4, 0.5) is 50.9 Å². The fourth-order valence-corrected chi connectivity index (χ4v) is 6.03. The Morgan fingerprint density at radius 1 is 0.639 bits per heavy atom. The first-order valence-corrected chi connectivity index (χ1v) is 20.8. The van der Waals surface area contributed by atoms with Gasteiger partial charge in [-0.05, 0) is 41.0 Å². The summed E-state index contributed by atoms with van der Waals surface area (Å²) < 4.78 is 95.2. The molecule has 5 aliphatic rings. The van der Waals surface area contributed by atoms with Gasteiger partial charge in [0.05, 0.1) is 0 Å². The van der Waals surface area contributed by atoms with Gasteiger partial charge in [0.2, 0.25) is 30.0 Å². The average Bonchev–Trinajstić information content (AvgIpc) is 3.30. The number of rotatable bonds is 6. The van der Waals surface area contributed by atoms with Crippen molar-refractivity contribution in [3.8, 4) is 0 Å². The number of benzene rings is 3. The highest BCUT2D eigenvalue weighted by Gasteiger charge is 2.39. The van der Waals surface area contributed by atoms with Crippen molar-refractivity contribution >= 4 is 65.2 Å². The second kappa shape index (κ2) is 28.1. The van der Waals surface area contributed by atoms with E-state index in [1.54, 1.807) is 72.8 Å². The Kier molecular flexibility index (Phi) is 23.6. The Labute approximate surface area is 402 Å². The smallest absolute Gasteiger partial charge is 0.475 e. The van der Waals surface area contributed by atoms with Gasteiger partial charge in [-0.1, -0.05) is 48.5 Å². The van der Waals surface area contributed by atoms with Crippen LogP contribution in [0.1, 0.15) is 35.1 Å². The highest BCUT2D eigenvalue weighted by Crippen LogP contribution is 2.17. The maximum atomic E-state index is 13.6. The predicted octanol–water partition coefficient (Wildman–Crippen LogP) is 2.86. The number of carbonyl (C=O) groups is 8. The van der Waals surface area contributed by atoms with Crippen molar-refractivity contribution in [2.45, 2.75) is 62.8 Å². The van der Waals surface area contributed by atoms with Gasteiger partial charge >= 0.3 is 36.4 Å². The van der Waals surface area contributed by atoms with Crippen LogP contribution in [0.15, 0.2) is 72.8 Å². The van der Waals surface area contributed by atoms with Crippen LogP contribution in [-0.4, -0.2) is 149 Å². The third-order valence-electron chi connectivity index (χ3n) is 9.81. The number of hydrogen-bond donors (Lipinski definition) is 10. The summed E-state index contributed by atoms with van der Waals surface area (Å²) in [6.45, 7) is 4.72. The van der Waals surface area contributed by atoms with Gasteiger partial charge in [-0.25, -0.2) is 14.4 Å². The van der Waals surface area contributed by atoms with E-state index in [0.29, 0.717) is 49.3 Å². The number of carbonyl (C=O) groups excluding carboxylic acids is 5. The van der Waals surface area contributed by atoms with E-state index in [1.165, 1.54) is 0 Å². The van der Waals surface area contributed by atoms with Crippen LogP contribution in [-0.2, 0) is 57.7 Å². The van der Waals surface area contributed by atoms with Crippen LogP contribution in [0.2, 0.25) is 0 Å². The van der Waals surface area contributed by atoms with Crippen LogP contribution < -0.4 is 32.3 Å². The topological polar surface area (TPSA) is 314 Å². The summed E-state index contributed by atoms with van der Waals surface area (Å²) in [5, 5.41) is 43.1. The molecule has 29 heteroatoms. The van der Waals surface area contributed by atoms with Gasteiger partial charge in [-0.15, -0.1) is 0 Å². The molecule has 72 heavy (non-hydrogen) atoms. The third-order valence-corrected chi connectivity index (χ3v) is 9.81. The highest BCUT2D eigenvalue weighted by atomic mass is 19.4. The van der Waals surface area contributed by atoms with Crippen LogP contribution in [0.25, 0.3) is 0 Å². The van der Waals surface area contributed by atoms with Gasteiger partial charge in [0.15, 0.2) is 0 Å². The van der Waals surface area contributed by atoms with Crippen molar-refractivity contribution in [3.63, 3.8) is 0 Å². The molecule has 1 fully saturated rings. The number of hydrogen-bond acceptors (Lipinski definition) is 11. The molecule has 6 bridgehead atoms. The molecule has 394 valence electrons. The molecule has 8 rings (SSSR count). The van der Waals surface area contributed by atoms with Gasteiger partial charge in [0.1, 0.15) is 17.9 Å². The molecule has 5 heterocycles. The van der Waals surface area contributed by atoms with Crippen molar-refractivity contribution in [2.75, 3.05) is 49.9 Å². The normalized spacial score (nSPS) is 18.8. The van der Waals surface area contributed by atoms with Crippen molar-refractivity contribution in [1.29, 1.82) is 5.41 Å². The summed E-state index contributed by atoms with van der Waals surface area (Å²) in [7, 11) is 0. The number of carboxylic acid groups (broad SMARTS) is 3. The molecule has 2 atom stereocenters. The molecule has 0 aromatic heterocycles. The molecule has 0 spiro atoms. The Hall–Kier alpha value is -7.82. The van der Waals surface area contributed by atoms with Gasteiger partial charge in [-0.2, -0.15) is 39.5 Å². The van der Waals surface area contributed by atoms with Crippen LogP contribution in [0, 0.1) is 5.41 Å². The molecule has 0 radical (unpaired) electrons. The summed E-state index contributed by atoms with van der Waals surface area (Å²) in [5.41, 5.74) is 9.62. The molecule has 20 nitrogen and oxygen atoms in total. The number of carboxylic acids is 3. The SMILES string of the molecule is N=C(N)c1ccc(CNC(=O)[C@@H]2Cc3ccc(cc3)NC(=O)CCN3CCN(CCC(=O)Nc4ccc(cc4)C[C@@H](NC=O)C(=O)N2)CC3)cc1.O=C(O)C(F)(F)F.O=C(O)C(F)(F)F.O=C(O)C(F)(F)F. The fourth-order valence-electron chi connectivity index (χ4n) is 6.03. The van der Waals surface area contributed by atoms with Crippen LogP contribution in [0.3, 0.4) is 0 Å². The first kappa shape index (κ1) is 60.3. The average molecular weight is 1040 g/mol. The van der Waals surface area contributed by atoms with E-state index in [0.717, 1.165) is 42.9 Å². The van der Waals surface area contributed by atoms with Crippen molar-refractivity contribution in [1.82, 2.24) is 25.8 Å². The number of nitrogens with zero attached hydrogens (tertiary/aromatic N) is 2. The molecule has 0 aliphatic carbocycles. The van der Waals surface area contributed by atoms with Gasteiger partial charge in [-0.3, -0.25) is 29.4 Å². The highest BCUT2D eigenvalue weighted by molar-refractivity contribution is 5.95. The number of nitrogens with one attached hydrogen (secondary N) is 6. The van der Waals surface area contributed by atoms with E-state index in [-0.39, 0.29) is 37.0 Å². The van der Waals surface area contributed by atoms with Crippen molar-refractivity contribution in [3.05, 3.63) is 95.1 Å². The number of alkyl halides is 9. The molecule has 0 unspecified atom stereocenters. The minimum Gasteiger partial charge on any atom is -0.475 e. The second-order valence-electron chi connectivity index (χ2n) is 15.2. The Morgan fingerprint density at radius 2 is 1.01 bits per heavy atom.